The number of aliphatic hydroxyl groups is 1. The van der Waals surface area contributed by atoms with Crippen molar-refractivity contribution in [2.24, 2.45) is 5.92 Å². The molecule has 24 heavy (non-hydrogen) atoms. The van der Waals surface area contributed by atoms with Gasteiger partial charge in [0.15, 0.2) is 5.78 Å². The first-order chi connectivity index (χ1) is 11.5. The Kier molecular flexibility index (Phi) is 3.86. The van der Waals surface area contributed by atoms with Crippen LogP contribution in [0.15, 0.2) is 35.9 Å². The van der Waals surface area contributed by atoms with Crippen molar-refractivity contribution in [3.63, 3.8) is 0 Å². The number of piperidine rings is 1. The molecule has 2 atom stereocenters. The van der Waals surface area contributed by atoms with Gasteiger partial charge < -0.3 is 5.11 Å². The normalized spacial score (nSPS) is 28.4. The Hall–Kier alpha value is -1.50. The Bertz CT molecular complexity index is 746. The lowest BCUT2D eigenvalue weighted by Gasteiger charge is -2.40. The van der Waals surface area contributed by atoms with Gasteiger partial charge in [-0.25, -0.2) is 4.39 Å². The zero-order valence-corrected chi connectivity index (χ0v) is 13.9. The van der Waals surface area contributed by atoms with Gasteiger partial charge in [-0.2, -0.15) is 0 Å². The molecule has 4 nitrogen and oxygen atoms in total. The summed E-state index contributed by atoms with van der Waals surface area (Å²) in [5.74, 6) is -0.338. The first-order valence-corrected chi connectivity index (χ1v) is 8.98. The van der Waals surface area contributed by atoms with Gasteiger partial charge in [-0.1, -0.05) is 18.2 Å². The lowest BCUT2D eigenvalue weighted by Crippen LogP contribution is -2.47. The van der Waals surface area contributed by atoms with Gasteiger partial charge in [-0.15, -0.1) is 0 Å². The molecule has 2 fully saturated rings. The quantitative estimate of drug-likeness (QED) is 0.907. The molecule has 0 spiro atoms. The van der Waals surface area contributed by atoms with Crippen LogP contribution in [0.1, 0.15) is 30.9 Å². The highest BCUT2D eigenvalue weighted by Crippen LogP contribution is 2.46. The van der Waals surface area contributed by atoms with Crippen molar-refractivity contribution < 1.29 is 19.1 Å². The topological polar surface area (TPSA) is 57.6 Å². The third kappa shape index (κ3) is 2.72. The molecular formula is C18H18FNO3S. The predicted molar refractivity (Wildman–Crippen MR) is 88.7 cm³/mol. The molecule has 0 bridgehead atoms. The second kappa shape index (κ2) is 5.79. The third-order valence-corrected chi connectivity index (χ3v) is 6.11. The maximum atomic E-state index is 14.3. The molecule has 126 valence electrons. The monoisotopic (exact) mass is 347 g/mol. The molecule has 2 heterocycles. The first kappa shape index (κ1) is 16.0. The van der Waals surface area contributed by atoms with Gasteiger partial charge in [-0.05, 0) is 42.3 Å². The van der Waals surface area contributed by atoms with E-state index in [1.54, 1.807) is 18.2 Å². The van der Waals surface area contributed by atoms with E-state index in [2.05, 4.69) is 0 Å². The van der Waals surface area contributed by atoms with Crippen LogP contribution in [0.3, 0.4) is 0 Å². The smallest absolute Gasteiger partial charge is 0.215 e. The molecule has 1 saturated heterocycles. The van der Waals surface area contributed by atoms with E-state index in [4.69, 9.17) is 0 Å². The highest BCUT2D eigenvalue weighted by molar-refractivity contribution is 8.15. The number of carbonyl (C=O) groups excluding carboxylic acids is 2. The van der Waals surface area contributed by atoms with Crippen LogP contribution < -0.4 is 0 Å². The fourth-order valence-corrected chi connectivity index (χ4v) is 4.51. The van der Waals surface area contributed by atoms with Gasteiger partial charge in [0.1, 0.15) is 10.8 Å². The van der Waals surface area contributed by atoms with Crippen LogP contribution >= 0.6 is 11.8 Å². The summed E-state index contributed by atoms with van der Waals surface area (Å²) in [5, 5.41) is 10.4. The number of Topliss-reactive ketones (excluding diaryl/α,β-unsaturated/α-hetero) is 1. The van der Waals surface area contributed by atoms with Crippen LogP contribution in [0.4, 0.5) is 4.39 Å². The molecule has 0 radical (unpaired) electrons. The summed E-state index contributed by atoms with van der Waals surface area (Å²) in [6.45, 7) is 0.762. The highest BCUT2D eigenvalue weighted by atomic mass is 32.2. The summed E-state index contributed by atoms with van der Waals surface area (Å²) in [6, 6.07) is 5.73. The van der Waals surface area contributed by atoms with Crippen molar-refractivity contribution in [3.8, 4) is 0 Å². The minimum Gasteiger partial charge on any atom is -0.375 e. The van der Waals surface area contributed by atoms with Gasteiger partial charge in [0.05, 0.1) is 6.04 Å². The first-order valence-electron chi connectivity index (χ1n) is 8.16. The van der Waals surface area contributed by atoms with Crippen molar-refractivity contribution in [1.29, 1.82) is 0 Å². The van der Waals surface area contributed by atoms with Crippen molar-refractivity contribution in [1.82, 2.24) is 4.90 Å². The molecule has 2 unspecified atom stereocenters. The van der Waals surface area contributed by atoms with Gasteiger partial charge in [0.2, 0.25) is 5.12 Å². The Balaban J connectivity index is 1.67. The Morgan fingerprint density at radius 2 is 2.12 bits per heavy atom. The SMILES string of the molecule is O=C1C=C2CN(C(C(=O)C3CC3)c3ccccc3F)CCC2(O)S1. The number of hydrogen-bond acceptors (Lipinski definition) is 5. The number of likely N-dealkylation sites (tertiary alicyclic amines) is 1. The van der Waals surface area contributed by atoms with E-state index in [1.165, 1.54) is 12.1 Å². The Morgan fingerprint density at radius 1 is 1.38 bits per heavy atom. The van der Waals surface area contributed by atoms with E-state index < -0.39 is 11.0 Å². The fourth-order valence-electron chi connectivity index (χ4n) is 3.53. The summed E-state index contributed by atoms with van der Waals surface area (Å²) >= 11 is 0.930. The maximum absolute atomic E-state index is 14.3. The van der Waals surface area contributed by atoms with E-state index in [0.29, 0.717) is 30.6 Å². The van der Waals surface area contributed by atoms with E-state index in [1.807, 2.05) is 4.90 Å². The molecule has 1 saturated carbocycles. The average Bonchev–Trinajstić information content (AvgIpc) is 3.33. The lowest BCUT2D eigenvalue weighted by molar-refractivity contribution is -0.126. The largest absolute Gasteiger partial charge is 0.375 e. The van der Waals surface area contributed by atoms with Gasteiger partial charge in [0.25, 0.3) is 0 Å². The lowest BCUT2D eigenvalue weighted by atomic mass is 9.92. The third-order valence-electron chi connectivity index (χ3n) is 4.99. The molecule has 2 aliphatic heterocycles. The minimum absolute atomic E-state index is 0.00369. The van der Waals surface area contributed by atoms with Crippen molar-refractivity contribution in [3.05, 3.63) is 47.3 Å². The van der Waals surface area contributed by atoms with Crippen molar-refractivity contribution in [2.45, 2.75) is 30.2 Å². The number of halogens is 1. The zero-order chi connectivity index (χ0) is 16.9. The van der Waals surface area contributed by atoms with Gasteiger partial charge >= 0.3 is 0 Å². The molecule has 6 heteroatoms. The van der Waals surface area contributed by atoms with Crippen LogP contribution in [-0.2, 0) is 9.59 Å². The molecule has 1 aromatic rings. The highest BCUT2D eigenvalue weighted by Gasteiger charge is 2.47. The van der Waals surface area contributed by atoms with Crippen LogP contribution in [-0.4, -0.2) is 38.9 Å². The summed E-state index contributed by atoms with van der Waals surface area (Å²) in [4.78, 5) is 25.2. The molecule has 3 aliphatic rings. The fraction of sp³-hybridized carbons (Fsp3) is 0.444. The standard InChI is InChI=1S/C18H18FNO3S/c19-14-4-2-1-3-13(14)16(17(22)11-5-6-11)20-8-7-18(23)12(10-20)9-15(21)24-18/h1-4,9,11,16,23H,5-8,10H2. The van der Waals surface area contributed by atoms with E-state index >= 15 is 0 Å². The second-order valence-electron chi connectivity index (χ2n) is 6.70. The summed E-state index contributed by atoms with van der Waals surface area (Å²) in [5.41, 5.74) is 1.01. The van der Waals surface area contributed by atoms with Crippen LogP contribution in [0.2, 0.25) is 0 Å². The second-order valence-corrected chi connectivity index (χ2v) is 7.98. The number of benzene rings is 1. The molecule has 4 rings (SSSR count). The molecule has 1 aromatic carbocycles. The number of hydrogen-bond donors (Lipinski definition) is 1. The Morgan fingerprint density at radius 3 is 2.83 bits per heavy atom. The molecule has 1 aliphatic carbocycles. The number of carbonyl (C=O) groups is 2. The number of rotatable bonds is 4. The van der Waals surface area contributed by atoms with Crippen LogP contribution in [0.25, 0.3) is 0 Å². The van der Waals surface area contributed by atoms with Crippen LogP contribution in [0, 0.1) is 11.7 Å². The minimum atomic E-state index is -1.16. The van der Waals surface area contributed by atoms with Crippen LogP contribution in [0.5, 0.6) is 0 Å². The van der Waals surface area contributed by atoms with Crippen molar-refractivity contribution in [2.75, 3.05) is 13.1 Å². The molecule has 0 aromatic heterocycles. The predicted octanol–water partition coefficient (Wildman–Crippen LogP) is 2.44. The maximum Gasteiger partial charge on any atom is 0.215 e. The zero-order valence-electron chi connectivity index (χ0n) is 13.1. The number of thioether (sulfide) groups is 1. The Labute approximate surface area is 143 Å². The summed E-state index contributed by atoms with van der Waals surface area (Å²) in [6.07, 6.45) is 3.53. The molecule has 0 amide bonds. The van der Waals surface area contributed by atoms with Gasteiger partial charge in [-0.3, -0.25) is 14.5 Å². The van der Waals surface area contributed by atoms with E-state index in [-0.39, 0.29) is 22.6 Å². The average molecular weight is 347 g/mol. The van der Waals surface area contributed by atoms with Gasteiger partial charge in [0, 0.05) is 31.0 Å². The number of nitrogens with zero attached hydrogens (tertiary/aromatic N) is 1. The number of fused-ring (bicyclic) bond motifs is 1. The molecular weight excluding hydrogens is 329 g/mol. The summed E-state index contributed by atoms with van der Waals surface area (Å²) in [7, 11) is 0. The van der Waals surface area contributed by atoms with E-state index in [9.17, 15) is 19.1 Å². The van der Waals surface area contributed by atoms with Crippen molar-refractivity contribution >= 4 is 22.7 Å². The van der Waals surface area contributed by atoms with E-state index in [0.717, 1.165) is 24.6 Å². The molecule has 1 N–H and O–H groups in total. The summed E-state index contributed by atoms with van der Waals surface area (Å²) < 4.78 is 14.3. The number of ketones is 1.